The molecule has 0 spiro atoms. The number of piperidine rings is 1. The quantitative estimate of drug-likeness (QED) is 0.926. The average molecular weight is 295 g/mol. The van der Waals surface area contributed by atoms with E-state index < -0.39 is 0 Å². The third-order valence-corrected chi connectivity index (χ3v) is 3.93. The number of nitrogens with one attached hydrogen (secondary N) is 1. The summed E-state index contributed by atoms with van der Waals surface area (Å²) < 4.78 is 0. The molecule has 0 bridgehead atoms. The van der Waals surface area contributed by atoms with Gasteiger partial charge in [-0.3, -0.25) is 9.69 Å². The highest BCUT2D eigenvalue weighted by Gasteiger charge is 2.23. The Morgan fingerprint density at radius 3 is 2.70 bits per heavy atom. The largest absolute Gasteiger partial charge is 0.351 e. The zero-order valence-electron chi connectivity index (χ0n) is 12.2. The lowest BCUT2D eigenvalue weighted by Crippen LogP contribution is -2.44. The second kappa shape index (κ2) is 7.09. The second-order valence-corrected chi connectivity index (χ2v) is 6.48. The summed E-state index contributed by atoms with van der Waals surface area (Å²) in [4.78, 5) is 14.3. The summed E-state index contributed by atoms with van der Waals surface area (Å²) in [6, 6.07) is 7.59. The molecule has 1 saturated heterocycles. The van der Waals surface area contributed by atoms with E-state index in [1.54, 1.807) is 0 Å². The van der Waals surface area contributed by atoms with Crippen LogP contribution in [0.15, 0.2) is 24.3 Å². The summed E-state index contributed by atoms with van der Waals surface area (Å²) in [6.07, 6.45) is 1.26. The van der Waals surface area contributed by atoms with Crippen molar-refractivity contribution in [2.24, 2.45) is 11.8 Å². The van der Waals surface area contributed by atoms with Gasteiger partial charge in [-0.1, -0.05) is 37.6 Å². The number of benzene rings is 1. The van der Waals surface area contributed by atoms with Crippen molar-refractivity contribution in [1.82, 2.24) is 10.2 Å². The van der Waals surface area contributed by atoms with Crippen molar-refractivity contribution in [1.29, 1.82) is 0 Å². The Balaban J connectivity index is 1.78. The number of halogens is 1. The van der Waals surface area contributed by atoms with Crippen LogP contribution in [0.1, 0.15) is 25.8 Å². The first-order valence-electron chi connectivity index (χ1n) is 7.26. The maximum Gasteiger partial charge on any atom is 0.234 e. The third-order valence-electron chi connectivity index (χ3n) is 3.69. The first-order valence-corrected chi connectivity index (χ1v) is 7.64. The topological polar surface area (TPSA) is 32.3 Å². The number of hydrogen-bond acceptors (Lipinski definition) is 2. The lowest BCUT2D eigenvalue weighted by atomic mass is 9.92. The predicted octanol–water partition coefficient (Wildman–Crippen LogP) is 2.93. The number of carbonyl (C=O) groups is 1. The van der Waals surface area contributed by atoms with Gasteiger partial charge in [0.15, 0.2) is 0 Å². The standard InChI is InChI=1S/C16H23ClN2O/c1-12-6-13(2)10-19(9-12)11-16(20)18-8-14-4-3-5-15(17)7-14/h3-5,7,12-13H,6,8-11H2,1-2H3,(H,18,20)/t12-,13+. The van der Waals surface area contributed by atoms with E-state index in [-0.39, 0.29) is 5.91 Å². The highest BCUT2D eigenvalue weighted by atomic mass is 35.5. The van der Waals surface area contributed by atoms with Crippen molar-refractivity contribution in [3.63, 3.8) is 0 Å². The maximum atomic E-state index is 12.0. The van der Waals surface area contributed by atoms with Gasteiger partial charge in [0.25, 0.3) is 0 Å². The molecule has 0 saturated carbocycles. The molecule has 1 aromatic rings. The number of hydrogen-bond donors (Lipinski definition) is 1. The summed E-state index contributed by atoms with van der Waals surface area (Å²) in [5, 5.41) is 3.67. The average Bonchev–Trinajstić information content (AvgIpc) is 2.35. The Labute approximate surface area is 126 Å². The van der Waals surface area contributed by atoms with Crippen molar-refractivity contribution in [3.05, 3.63) is 34.9 Å². The number of amides is 1. The van der Waals surface area contributed by atoms with Gasteiger partial charge in [-0.05, 0) is 36.0 Å². The van der Waals surface area contributed by atoms with E-state index in [1.807, 2.05) is 24.3 Å². The number of carbonyl (C=O) groups excluding carboxylic acids is 1. The van der Waals surface area contributed by atoms with Gasteiger partial charge in [0.2, 0.25) is 5.91 Å². The second-order valence-electron chi connectivity index (χ2n) is 6.05. The Kier molecular flexibility index (Phi) is 5.44. The zero-order chi connectivity index (χ0) is 14.5. The van der Waals surface area contributed by atoms with Crippen molar-refractivity contribution >= 4 is 17.5 Å². The van der Waals surface area contributed by atoms with Crippen LogP contribution in [-0.2, 0) is 11.3 Å². The fourth-order valence-corrected chi connectivity index (χ4v) is 3.24. The van der Waals surface area contributed by atoms with E-state index in [0.717, 1.165) is 18.7 Å². The molecule has 1 aromatic carbocycles. The van der Waals surface area contributed by atoms with Crippen LogP contribution in [0.4, 0.5) is 0 Å². The smallest absolute Gasteiger partial charge is 0.234 e. The van der Waals surface area contributed by atoms with Gasteiger partial charge in [0.05, 0.1) is 6.54 Å². The summed E-state index contributed by atoms with van der Waals surface area (Å²) in [5.41, 5.74) is 1.03. The predicted molar refractivity (Wildman–Crippen MR) is 82.7 cm³/mol. The van der Waals surface area contributed by atoms with Crippen molar-refractivity contribution in [2.45, 2.75) is 26.8 Å². The molecule has 20 heavy (non-hydrogen) atoms. The minimum absolute atomic E-state index is 0.0891. The van der Waals surface area contributed by atoms with Crippen molar-refractivity contribution in [2.75, 3.05) is 19.6 Å². The fraction of sp³-hybridized carbons (Fsp3) is 0.562. The molecule has 3 nitrogen and oxygen atoms in total. The Hall–Kier alpha value is -1.06. The molecule has 4 heteroatoms. The van der Waals surface area contributed by atoms with Crippen LogP contribution < -0.4 is 5.32 Å². The Morgan fingerprint density at radius 2 is 2.05 bits per heavy atom. The van der Waals surface area contributed by atoms with Crippen LogP contribution in [-0.4, -0.2) is 30.4 Å². The molecule has 2 rings (SSSR count). The van der Waals surface area contributed by atoms with Gasteiger partial charge >= 0.3 is 0 Å². The van der Waals surface area contributed by atoms with Crippen LogP contribution in [0.2, 0.25) is 5.02 Å². The number of rotatable bonds is 4. The highest BCUT2D eigenvalue weighted by Crippen LogP contribution is 2.20. The zero-order valence-corrected chi connectivity index (χ0v) is 13.0. The number of nitrogens with zero attached hydrogens (tertiary/aromatic N) is 1. The molecule has 2 atom stereocenters. The van der Waals surface area contributed by atoms with E-state index in [2.05, 4.69) is 24.1 Å². The molecule has 1 fully saturated rings. The SMILES string of the molecule is C[C@@H]1C[C@H](C)CN(CC(=O)NCc2cccc(Cl)c2)C1. The van der Waals surface area contributed by atoms with Gasteiger partial charge in [-0.2, -0.15) is 0 Å². The van der Waals surface area contributed by atoms with Crippen molar-refractivity contribution in [3.8, 4) is 0 Å². The van der Waals surface area contributed by atoms with Crippen LogP contribution >= 0.6 is 11.6 Å². The molecule has 110 valence electrons. The minimum Gasteiger partial charge on any atom is -0.351 e. The van der Waals surface area contributed by atoms with E-state index in [4.69, 9.17) is 11.6 Å². The van der Waals surface area contributed by atoms with Crippen LogP contribution in [0.25, 0.3) is 0 Å². The van der Waals surface area contributed by atoms with Crippen LogP contribution in [0.5, 0.6) is 0 Å². The normalized spacial score (nSPS) is 23.6. The molecule has 0 unspecified atom stereocenters. The van der Waals surface area contributed by atoms with Crippen molar-refractivity contribution < 1.29 is 4.79 Å². The third kappa shape index (κ3) is 4.80. The highest BCUT2D eigenvalue weighted by molar-refractivity contribution is 6.30. The lowest BCUT2D eigenvalue weighted by molar-refractivity contribution is -0.123. The number of likely N-dealkylation sites (tertiary alicyclic amines) is 1. The van der Waals surface area contributed by atoms with E-state index in [0.29, 0.717) is 29.9 Å². The summed E-state index contributed by atoms with van der Waals surface area (Å²) in [6.45, 7) is 7.59. The van der Waals surface area contributed by atoms with E-state index in [1.165, 1.54) is 6.42 Å². The van der Waals surface area contributed by atoms with Gasteiger partial charge in [0.1, 0.15) is 0 Å². The van der Waals surface area contributed by atoms with Gasteiger partial charge in [0, 0.05) is 24.7 Å². The first kappa shape index (κ1) is 15.3. The van der Waals surface area contributed by atoms with Crippen LogP contribution in [0, 0.1) is 11.8 Å². The molecular formula is C16H23ClN2O. The Morgan fingerprint density at radius 1 is 1.35 bits per heavy atom. The molecule has 0 aromatic heterocycles. The van der Waals surface area contributed by atoms with Gasteiger partial charge in [-0.15, -0.1) is 0 Å². The summed E-state index contributed by atoms with van der Waals surface area (Å²) in [5.74, 6) is 1.45. The molecule has 1 N–H and O–H groups in total. The molecule has 0 aliphatic carbocycles. The molecule has 1 aliphatic heterocycles. The van der Waals surface area contributed by atoms with Gasteiger partial charge < -0.3 is 5.32 Å². The lowest BCUT2D eigenvalue weighted by Gasteiger charge is -2.34. The molecule has 1 heterocycles. The van der Waals surface area contributed by atoms with Gasteiger partial charge in [-0.25, -0.2) is 0 Å². The summed E-state index contributed by atoms with van der Waals surface area (Å²) in [7, 11) is 0. The first-order chi connectivity index (χ1) is 9.52. The fourth-order valence-electron chi connectivity index (χ4n) is 3.03. The minimum atomic E-state index is 0.0891. The molecule has 0 radical (unpaired) electrons. The van der Waals surface area contributed by atoms with Crippen LogP contribution in [0.3, 0.4) is 0 Å². The maximum absolute atomic E-state index is 12.0. The van der Waals surface area contributed by atoms with E-state index in [9.17, 15) is 4.79 Å². The molecule has 1 aliphatic rings. The Bertz CT molecular complexity index is 454. The summed E-state index contributed by atoms with van der Waals surface area (Å²) >= 11 is 5.93. The molecule has 1 amide bonds. The molecular weight excluding hydrogens is 272 g/mol. The monoisotopic (exact) mass is 294 g/mol. The van der Waals surface area contributed by atoms with E-state index >= 15 is 0 Å².